The van der Waals surface area contributed by atoms with Crippen LogP contribution in [0.2, 0.25) is 0 Å². The summed E-state index contributed by atoms with van der Waals surface area (Å²) in [6.45, 7) is 8.44. The van der Waals surface area contributed by atoms with E-state index in [1.165, 1.54) is 0 Å². The molecule has 0 saturated carbocycles. The first-order valence-corrected chi connectivity index (χ1v) is 6.21. The van der Waals surface area contributed by atoms with Crippen molar-refractivity contribution >= 4 is 0 Å². The quantitative estimate of drug-likeness (QED) is 0.898. The number of nitrogens with one attached hydrogen (secondary N) is 1. The van der Waals surface area contributed by atoms with Gasteiger partial charge in [-0.25, -0.2) is 9.67 Å². The summed E-state index contributed by atoms with van der Waals surface area (Å²) < 4.78 is 1.80. The van der Waals surface area contributed by atoms with Crippen LogP contribution in [-0.2, 0) is 6.54 Å². The SMILES string of the molecule is CC(C)(C)CNCc1cccnc1-n1cccn1. The smallest absolute Gasteiger partial charge is 0.157 e. The highest BCUT2D eigenvalue weighted by Crippen LogP contribution is 2.13. The van der Waals surface area contributed by atoms with E-state index in [2.05, 4.69) is 42.2 Å². The average Bonchev–Trinajstić information content (AvgIpc) is 2.81. The van der Waals surface area contributed by atoms with Crippen LogP contribution in [0.5, 0.6) is 0 Å². The van der Waals surface area contributed by atoms with Crippen LogP contribution in [0.1, 0.15) is 26.3 Å². The molecule has 0 spiro atoms. The van der Waals surface area contributed by atoms with Gasteiger partial charge in [-0.3, -0.25) is 0 Å². The maximum atomic E-state index is 4.40. The van der Waals surface area contributed by atoms with Crippen molar-refractivity contribution in [3.8, 4) is 5.82 Å². The molecule has 4 nitrogen and oxygen atoms in total. The lowest BCUT2D eigenvalue weighted by Crippen LogP contribution is -2.27. The molecule has 4 heteroatoms. The highest BCUT2D eigenvalue weighted by atomic mass is 15.3. The lowest BCUT2D eigenvalue weighted by Gasteiger charge is -2.19. The largest absolute Gasteiger partial charge is 0.312 e. The fourth-order valence-corrected chi connectivity index (χ4v) is 1.74. The molecule has 0 fully saturated rings. The molecule has 1 N–H and O–H groups in total. The van der Waals surface area contributed by atoms with Crippen molar-refractivity contribution in [2.75, 3.05) is 6.54 Å². The number of rotatable bonds is 4. The molecule has 0 aromatic carbocycles. The Kier molecular flexibility index (Phi) is 3.77. The second-order valence-corrected chi connectivity index (χ2v) is 5.60. The number of nitrogens with zero attached hydrogens (tertiary/aromatic N) is 3. The average molecular weight is 244 g/mol. The van der Waals surface area contributed by atoms with Gasteiger partial charge in [0.05, 0.1) is 0 Å². The predicted molar refractivity (Wildman–Crippen MR) is 72.5 cm³/mol. The maximum Gasteiger partial charge on any atom is 0.157 e. The van der Waals surface area contributed by atoms with Gasteiger partial charge in [-0.05, 0) is 17.5 Å². The third-order valence-electron chi connectivity index (χ3n) is 2.56. The first kappa shape index (κ1) is 12.8. The number of hydrogen-bond donors (Lipinski definition) is 1. The van der Waals surface area contributed by atoms with Crippen molar-refractivity contribution < 1.29 is 0 Å². The van der Waals surface area contributed by atoms with Crippen LogP contribution in [0.3, 0.4) is 0 Å². The zero-order chi connectivity index (χ0) is 13.0. The van der Waals surface area contributed by atoms with E-state index >= 15 is 0 Å². The highest BCUT2D eigenvalue weighted by Gasteiger charge is 2.10. The van der Waals surface area contributed by atoms with Gasteiger partial charge in [0, 0.05) is 37.2 Å². The van der Waals surface area contributed by atoms with Gasteiger partial charge in [0.1, 0.15) is 0 Å². The predicted octanol–water partition coefficient (Wildman–Crippen LogP) is 2.40. The van der Waals surface area contributed by atoms with E-state index in [0.29, 0.717) is 0 Å². The molecule has 96 valence electrons. The van der Waals surface area contributed by atoms with Crippen LogP contribution < -0.4 is 5.32 Å². The fourth-order valence-electron chi connectivity index (χ4n) is 1.74. The second kappa shape index (κ2) is 5.31. The molecule has 0 unspecified atom stereocenters. The van der Waals surface area contributed by atoms with Gasteiger partial charge in [0.15, 0.2) is 5.82 Å². The Balaban J connectivity index is 2.09. The van der Waals surface area contributed by atoms with E-state index in [9.17, 15) is 0 Å². The molecule has 0 aliphatic rings. The second-order valence-electron chi connectivity index (χ2n) is 5.60. The van der Waals surface area contributed by atoms with E-state index in [4.69, 9.17) is 0 Å². The Hall–Kier alpha value is -1.68. The third-order valence-corrected chi connectivity index (χ3v) is 2.56. The molecule has 2 aromatic rings. The molecule has 0 saturated heterocycles. The summed E-state index contributed by atoms with van der Waals surface area (Å²) in [7, 11) is 0. The Morgan fingerprint density at radius 2 is 2.06 bits per heavy atom. The van der Waals surface area contributed by atoms with E-state index in [0.717, 1.165) is 24.5 Å². The zero-order valence-corrected chi connectivity index (χ0v) is 11.2. The lowest BCUT2D eigenvalue weighted by atomic mass is 9.97. The van der Waals surface area contributed by atoms with E-state index in [-0.39, 0.29) is 5.41 Å². The van der Waals surface area contributed by atoms with Crippen molar-refractivity contribution in [1.82, 2.24) is 20.1 Å². The van der Waals surface area contributed by atoms with Crippen molar-refractivity contribution in [3.05, 3.63) is 42.4 Å². The van der Waals surface area contributed by atoms with Crippen LogP contribution >= 0.6 is 0 Å². The minimum absolute atomic E-state index is 0.286. The summed E-state index contributed by atoms with van der Waals surface area (Å²) >= 11 is 0. The molecule has 18 heavy (non-hydrogen) atoms. The zero-order valence-electron chi connectivity index (χ0n) is 11.2. The Morgan fingerprint density at radius 1 is 1.22 bits per heavy atom. The Bertz CT molecular complexity index is 483. The van der Waals surface area contributed by atoms with E-state index < -0.39 is 0 Å². The summed E-state index contributed by atoms with van der Waals surface area (Å²) in [5, 5.41) is 7.69. The molecule has 2 heterocycles. The molecule has 0 bridgehead atoms. The summed E-state index contributed by atoms with van der Waals surface area (Å²) in [5.74, 6) is 0.893. The molecular weight excluding hydrogens is 224 g/mol. The van der Waals surface area contributed by atoms with E-state index in [1.807, 2.05) is 18.3 Å². The fraction of sp³-hybridized carbons (Fsp3) is 0.429. The van der Waals surface area contributed by atoms with Crippen LogP contribution in [0.25, 0.3) is 5.82 Å². The third kappa shape index (κ3) is 3.40. The molecule has 0 radical (unpaired) electrons. The number of aromatic nitrogens is 3. The summed E-state index contributed by atoms with van der Waals surface area (Å²) in [5.41, 5.74) is 1.44. The van der Waals surface area contributed by atoms with Gasteiger partial charge in [0.25, 0.3) is 0 Å². The summed E-state index contributed by atoms with van der Waals surface area (Å²) in [4.78, 5) is 4.40. The van der Waals surface area contributed by atoms with Crippen LogP contribution in [0.4, 0.5) is 0 Å². The molecule has 2 rings (SSSR count). The molecule has 0 aliphatic heterocycles. The Morgan fingerprint density at radius 3 is 2.72 bits per heavy atom. The topological polar surface area (TPSA) is 42.7 Å². The lowest BCUT2D eigenvalue weighted by molar-refractivity contribution is 0.379. The molecule has 0 atom stereocenters. The minimum atomic E-state index is 0.286. The molecule has 2 aromatic heterocycles. The van der Waals surface area contributed by atoms with E-state index in [1.54, 1.807) is 17.1 Å². The molecule has 0 amide bonds. The van der Waals surface area contributed by atoms with Crippen molar-refractivity contribution in [2.45, 2.75) is 27.3 Å². The number of pyridine rings is 1. The van der Waals surface area contributed by atoms with Gasteiger partial charge in [0.2, 0.25) is 0 Å². The van der Waals surface area contributed by atoms with Gasteiger partial charge in [-0.2, -0.15) is 5.10 Å². The summed E-state index contributed by atoms with van der Waals surface area (Å²) in [6, 6.07) is 5.95. The van der Waals surface area contributed by atoms with Gasteiger partial charge in [-0.1, -0.05) is 26.8 Å². The van der Waals surface area contributed by atoms with Gasteiger partial charge < -0.3 is 5.32 Å². The van der Waals surface area contributed by atoms with Crippen molar-refractivity contribution in [2.24, 2.45) is 5.41 Å². The molecular formula is C14H20N4. The van der Waals surface area contributed by atoms with Gasteiger partial charge >= 0.3 is 0 Å². The van der Waals surface area contributed by atoms with Crippen LogP contribution in [-0.4, -0.2) is 21.3 Å². The monoisotopic (exact) mass is 244 g/mol. The highest BCUT2D eigenvalue weighted by molar-refractivity contribution is 5.32. The van der Waals surface area contributed by atoms with Gasteiger partial charge in [-0.15, -0.1) is 0 Å². The van der Waals surface area contributed by atoms with Crippen LogP contribution in [0, 0.1) is 5.41 Å². The number of hydrogen-bond acceptors (Lipinski definition) is 3. The normalized spacial score (nSPS) is 11.7. The van der Waals surface area contributed by atoms with Crippen molar-refractivity contribution in [1.29, 1.82) is 0 Å². The maximum absolute atomic E-state index is 4.40. The first-order valence-electron chi connectivity index (χ1n) is 6.21. The van der Waals surface area contributed by atoms with Crippen molar-refractivity contribution in [3.63, 3.8) is 0 Å². The van der Waals surface area contributed by atoms with Crippen LogP contribution in [0.15, 0.2) is 36.8 Å². The first-order chi connectivity index (χ1) is 8.56. The standard InChI is InChI=1S/C14H20N4/c1-14(2,3)11-15-10-12-6-4-7-16-13(12)18-9-5-8-17-18/h4-9,15H,10-11H2,1-3H3. The molecule has 0 aliphatic carbocycles. The minimum Gasteiger partial charge on any atom is -0.312 e. The summed E-state index contributed by atoms with van der Waals surface area (Å²) in [6.07, 6.45) is 5.47. The Labute approximate surface area is 108 Å².